The molecule has 0 aliphatic heterocycles. The van der Waals surface area contributed by atoms with Crippen molar-refractivity contribution >= 4 is 29.5 Å². The molecule has 6 heteroatoms. The summed E-state index contributed by atoms with van der Waals surface area (Å²) in [7, 11) is 0. The summed E-state index contributed by atoms with van der Waals surface area (Å²) in [6.07, 6.45) is 4.96. The normalized spacial score (nSPS) is 11.2. The number of benzene rings is 3. The van der Waals surface area contributed by atoms with E-state index >= 15 is 0 Å². The summed E-state index contributed by atoms with van der Waals surface area (Å²) in [5, 5.41) is 16.1. The van der Waals surface area contributed by atoms with Crippen LogP contribution in [-0.4, -0.2) is 17.8 Å². The van der Waals surface area contributed by atoms with Crippen molar-refractivity contribution in [3.8, 4) is 0 Å². The minimum Gasteiger partial charge on any atom is -0.545 e. The van der Waals surface area contributed by atoms with Crippen LogP contribution >= 0.6 is 0 Å². The zero-order chi connectivity index (χ0) is 22.1. The molecule has 0 heterocycles. The van der Waals surface area contributed by atoms with E-state index in [1.807, 2.05) is 30.3 Å². The van der Waals surface area contributed by atoms with Crippen LogP contribution < -0.4 is 15.7 Å². The van der Waals surface area contributed by atoms with Crippen LogP contribution in [0.25, 0.3) is 6.08 Å². The lowest BCUT2D eigenvalue weighted by Gasteiger charge is -2.11. The molecule has 0 bridgehead atoms. The highest BCUT2D eigenvalue weighted by molar-refractivity contribution is 6.08. The molecule has 0 saturated heterocycles. The Labute approximate surface area is 179 Å². The average molecular weight is 411 g/mol. The first kappa shape index (κ1) is 21.3. The number of anilines is 1. The highest BCUT2D eigenvalue weighted by atomic mass is 16.4. The van der Waals surface area contributed by atoms with E-state index in [2.05, 4.69) is 10.6 Å². The molecule has 2 N–H and O–H groups in total. The monoisotopic (exact) mass is 411 g/mol. The van der Waals surface area contributed by atoms with Gasteiger partial charge in [-0.05, 0) is 41.5 Å². The number of allylic oxidation sites excluding steroid dienone is 2. The van der Waals surface area contributed by atoms with E-state index < -0.39 is 17.8 Å². The number of aromatic carboxylic acids is 1. The van der Waals surface area contributed by atoms with Crippen LogP contribution in [0.2, 0.25) is 0 Å². The fourth-order valence-electron chi connectivity index (χ4n) is 2.67. The lowest BCUT2D eigenvalue weighted by molar-refractivity contribution is -0.255. The Balaban J connectivity index is 1.80. The van der Waals surface area contributed by atoms with Crippen molar-refractivity contribution in [2.24, 2.45) is 0 Å². The third kappa shape index (κ3) is 6.27. The van der Waals surface area contributed by atoms with E-state index in [0.29, 0.717) is 11.3 Å². The molecule has 0 unspecified atom stereocenters. The molecule has 0 aliphatic carbocycles. The second kappa shape index (κ2) is 10.4. The number of nitrogens with one attached hydrogen (secondary N) is 2. The van der Waals surface area contributed by atoms with Crippen LogP contribution in [0, 0.1) is 0 Å². The maximum atomic E-state index is 12.8. The van der Waals surface area contributed by atoms with Crippen molar-refractivity contribution < 1.29 is 19.5 Å². The van der Waals surface area contributed by atoms with Gasteiger partial charge in [-0.15, -0.1) is 0 Å². The van der Waals surface area contributed by atoms with Gasteiger partial charge in [0.1, 0.15) is 5.70 Å². The maximum absolute atomic E-state index is 12.8. The summed E-state index contributed by atoms with van der Waals surface area (Å²) in [6, 6.07) is 23.6. The predicted molar refractivity (Wildman–Crippen MR) is 117 cm³/mol. The number of carboxylic acids is 1. The van der Waals surface area contributed by atoms with Crippen LogP contribution in [-0.2, 0) is 4.79 Å². The van der Waals surface area contributed by atoms with Gasteiger partial charge in [-0.2, -0.15) is 0 Å². The first-order valence-electron chi connectivity index (χ1n) is 9.45. The molecule has 0 saturated carbocycles. The van der Waals surface area contributed by atoms with Gasteiger partial charge in [-0.3, -0.25) is 9.59 Å². The van der Waals surface area contributed by atoms with Crippen molar-refractivity contribution in [1.82, 2.24) is 5.32 Å². The summed E-state index contributed by atoms with van der Waals surface area (Å²) in [5.41, 5.74) is 1.75. The minimum absolute atomic E-state index is 0.00283. The molecular weight excluding hydrogens is 392 g/mol. The van der Waals surface area contributed by atoms with E-state index in [4.69, 9.17) is 0 Å². The Morgan fingerprint density at radius 2 is 1.35 bits per heavy atom. The van der Waals surface area contributed by atoms with Gasteiger partial charge in [0, 0.05) is 11.3 Å². The number of carbonyl (C=O) groups excluding carboxylic acids is 3. The molecule has 3 aromatic rings. The molecule has 31 heavy (non-hydrogen) atoms. The van der Waals surface area contributed by atoms with Crippen LogP contribution in [0.5, 0.6) is 0 Å². The Morgan fingerprint density at radius 3 is 1.97 bits per heavy atom. The Hall–Kier alpha value is -4.45. The molecule has 3 aromatic carbocycles. The second-order valence-electron chi connectivity index (χ2n) is 6.49. The molecule has 0 fully saturated rings. The lowest BCUT2D eigenvalue weighted by atomic mass is 10.2. The Kier molecular flexibility index (Phi) is 7.11. The van der Waals surface area contributed by atoms with Gasteiger partial charge in [0.25, 0.3) is 11.8 Å². The summed E-state index contributed by atoms with van der Waals surface area (Å²) >= 11 is 0. The predicted octanol–water partition coefficient (Wildman–Crippen LogP) is 3.02. The fourth-order valence-corrected chi connectivity index (χ4v) is 2.67. The number of hydrogen-bond acceptors (Lipinski definition) is 4. The van der Waals surface area contributed by atoms with Crippen molar-refractivity contribution in [3.05, 3.63) is 119 Å². The lowest BCUT2D eigenvalue weighted by Crippen LogP contribution is -2.30. The summed E-state index contributed by atoms with van der Waals surface area (Å²) in [6.45, 7) is 0. The fraction of sp³-hybridized carbons (Fsp3) is 0. The molecule has 0 atom stereocenters. The van der Waals surface area contributed by atoms with Gasteiger partial charge >= 0.3 is 0 Å². The van der Waals surface area contributed by atoms with Crippen molar-refractivity contribution in [3.63, 3.8) is 0 Å². The molecule has 0 aliphatic rings. The third-order valence-corrected chi connectivity index (χ3v) is 4.26. The van der Waals surface area contributed by atoms with Crippen LogP contribution in [0.3, 0.4) is 0 Å². The quantitative estimate of drug-likeness (QED) is 0.461. The van der Waals surface area contributed by atoms with Gasteiger partial charge in [-0.1, -0.05) is 72.8 Å². The van der Waals surface area contributed by atoms with E-state index in [9.17, 15) is 19.5 Å². The van der Waals surface area contributed by atoms with E-state index in [-0.39, 0.29) is 11.3 Å². The summed E-state index contributed by atoms with van der Waals surface area (Å²) in [5.74, 6) is -2.29. The number of amides is 2. The molecule has 6 nitrogen and oxygen atoms in total. The van der Waals surface area contributed by atoms with Gasteiger partial charge in [-0.25, -0.2) is 0 Å². The molecular formula is C25H19N2O4-. The Morgan fingerprint density at radius 1 is 0.742 bits per heavy atom. The molecule has 3 rings (SSSR count). The highest BCUT2D eigenvalue weighted by Gasteiger charge is 2.14. The van der Waals surface area contributed by atoms with Crippen molar-refractivity contribution in [2.75, 3.05) is 5.32 Å². The van der Waals surface area contributed by atoms with Gasteiger partial charge in [0.05, 0.1) is 5.97 Å². The molecule has 0 radical (unpaired) electrons. The average Bonchev–Trinajstić information content (AvgIpc) is 2.80. The van der Waals surface area contributed by atoms with Gasteiger partial charge in [0.15, 0.2) is 0 Å². The smallest absolute Gasteiger partial charge is 0.272 e. The number of carbonyl (C=O) groups is 3. The number of rotatable bonds is 7. The van der Waals surface area contributed by atoms with Crippen molar-refractivity contribution in [1.29, 1.82) is 0 Å². The van der Waals surface area contributed by atoms with E-state index in [1.54, 1.807) is 42.5 Å². The number of carboxylic acid groups (broad SMARTS) is 1. The summed E-state index contributed by atoms with van der Waals surface area (Å²) in [4.78, 5) is 36.2. The van der Waals surface area contributed by atoms with Gasteiger partial charge in [0.2, 0.25) is 0 Å². The Bertz CT molecular complexity index is 1120. The molecule has 0 aromatic heterocycles. The van der Waals surface area contributed by atoms with E-state index in [1.165, 1.54) is 30.3 Å². The first-order chi connectivity index (χ1) is 15.0. The first-order valence-corrected chi connectivity index (χ1v) is 9.45. The molecule has 0 spiro atoms. The third-order valence-electron chi connectivity index (χ3n) is 4.26. The van der Waals surface area contributed by atoms with Crippen LogP contribution in [0.15, 0.2) is 103 Å². The SMILES string of the molecule is O=C(Nc1ccc(C(=O)[O-])cc1)/C(=C\C=C\c1ccccc1)NC(=O)c1ccccc1. The molecule has 154 valence electrons. The summed E-state index contributed by atoms with van der Waals surface area (Å²) < 4.78 is 0. The maximum Gasteiger partial charge on any atom is 0.272 e. The van der Waals surface area contributed by atoms with Crippen LogP contribution in [0.1, 0.15) is 26.3 Å². The number of hydrogen-bond donors (Lipinski definition) is 2. The van der Waals surface area contributed by atoms with E-state index in [0.717, 1.165) is 5.56 Å². The minimum atomic E-state index is -1.31. The van der Waals surface area contributed by atoms with Crippen LogP contribution in [0.4, 0.5) is 5.69 Å². The topological polar surface area (TPSA) is 98.3 Å². The van der Waals surface area contributed by atoms with Crippen molar-refractivity contribution in [2.45, 2.75) is 0 Å². The zero-order valence-electron chi connectivity index (χ0n) is 16.4. The van der Waals surface area contributed by atoms with Gasteiger partial charge < -0.3 is 20.5 Å². The second-order valence-corrected chi connectivity index (χ2v) is 6.49. The molecule has 2 amide bonds. The highest BCUT2D eigenvalue weighted by Crippen LogP contribution is 2.11. The zero-order valence-corrected chi connectivity index (χ0v) is 16.4. The standard InChI is InChI=1S/C25H20N2O4/c28-23(19-11-5-2-6-12-19)27-22(13-7-10-18-8-3-1-4-9-18)24(29)26-21-16-14-20(15-17-21)25(30)31/h1-17H,(H,26,29)(H,27,28)(H,30,31)/p-1/b10-7+,22-13+. The largest absolute Gasteiger partial charge is 0.545 e.